The Kier molecular flexibility index (Phi) is 7.13. The summed E-state index contributed by atoms with van der Waals surface area (Å²) in [6.45, 7) is 4.39. The summed E-state index contributed by atoms with van der Waals surface area (Å²) in [7, 11) is 1.65. The van der Waals surface area contributed by atoms with E-state index in [9.17, 15) is 9.59 Å². The smallest absolute Gasteiger partial charge is 0.251 e. The van der Waals surface area contributed by atoms with E-state index in [4.69, 9.17) is 9.47 Å². The van der Waals surface area contributed by atoms with Crippen LogP contribution in [-0.2, 0) is 24.0 Å². The molecule has 34 heavy (non-hydrogen) atoms. The summed E-state index contributed by atoms with van der Waals surface area (Å²) in [4.78, 5) is 25.5. The van der Waals surface area contributed by atoms with Crippen LogP contribution in [0.2, 0.25) is 0 Å². The first-order valence-corrected chi connectivity index (χ1v) is 11.6. The van der Waals surface area contributed by atoms with Gasteiger partial charge in [-0.25, -0.2) is 0 Å². The molecule has 5 nitrogen and oxygen atoms in total. The molecular weight excluding hydrogens is 426 g/mol. The Labute approximate surface area is 201 Å². The molecule has 0 atom stereocenters. The number of amides is 1. The molecule has 1 amide bonds. The second-order valence-electron chi connectivity index (χ2n) is 9.14. The van der Waals surface area contributed by atoms with Crippen LogP contribution >= 0.6 is 0 Å². The topological polar surface area (TPSA) is 64.6 Å². The second-order valence-corrected chi connectivity index (χ2v) is 9.14. The molecule has 0 aliphatic heterocycles. The van der Waals surface area contributed by atoms with Crippen LogP contribution in [0.1, 0.15) is 49.9 Å². The number of carbonyl (C=O) groups is 2. The molecule has 4 rings (SSSR count). The van der Waals surface area contributed by atoms with Gasteiger partial charge < -0.3 is 14.8 Å². The van der Waals surface area contributed by atoms with Gasteiger partial charge in [0, 0.05) is 19.1 Å². The van der Waals surface area contributed by atoms with Gasteiger partial charge in [0.1, 0.15) is 5.75 Å². The third-order valence-corrected chi connectivity index (χ3v) is 6.33. The zero-order valence-corrected chi connectivity index (χ0v) is 20.0. The van der Waals surface area contributed by atoms with Crippen LogP contribution in [0.4, 0.5) is 0 Å². The standard InChI is InChI=1S/C29H31NO4/c1-20-7-6-8-22(15-20)13-14-34-27-16-23(11-12-26(27)21(2)31)28(32)30-29(19-33-3)17-24-9-4-5-10-25(24)18-29/h4-12,15-16H,13-14,17-19H2,1-3H3,(H,30,32). The maximum atomic E-state index is 13.3. The van der Waals surface area contributed by atoms with Crippen molar-refractivity contribution in [3.05, 3.63) is 100 Å². The highest BCUT2D eigenvalue weighted by atomic mass is 16.5. The van der Waals surface area contributed by atoms with Crippen molar-refractivity contribution in [3.63, 3.8) is 0 Å². The third-order valence-electron chi connectivity index (χ3n) is 6.33. The molecule has 0 saturated heterocycles. The van der Waals surface area contributed by atoms with E-state index in [2.05, 4.69) is 42.6 Å². The summed E-state index contributed by atoms with van der Waals surface area (Å²) in [5, 5.41) is 3.22. The van der Waals surface area contributed by atoms with E-state index in [-0.39, 0.29) is 11.7 Å². The molecule has 1 aliphatic carbocycles. The van der Waals surface area contributed by atoms with E-state index in [1.807, 2.05) is 18.2 Å². The minimum absolute atomic E-state index is 0.0976. The van der Waals surface area contributed by atoms with Crippen LogP contribution in [0.25, 0.3) is 0 Å². The molecule has 0 fully saturated rings. The van der Waals surface area contributed by atoms with Crippen molar-refractivity contribution in [2.24, 2.45) is 0 Å². The van der Waals surface area contributed by atoms with Crippen molar-refractivity contribution in [1.29, 1.82) is 0 Å². The fourth-order valence-electron chi connectivity index (χ4n) is 4.73. The van der Waals surface area contributed by atoms with E-state index < -0.39 is 5.54 Å². The molecule has 176 valence electrons. The number of aryl methyl sites for hydroxylation is 1. The average molecular weight is 458 g/mol. The lowest BCUT2D eigenvalue weighted by Gasteiger charge is -2.30. The zero-order valence-electron chi connectivity index (χ0n) is 20.0. The van der Waals surface area contributed by atoms with Crippen molar-refractivity contribution in [3.8, 4) is 5.75 Å². The van der Waals surface area contributed by atoms with E-state index in [1.165, 1.54) is 29.2 Å². The predicted molar refractivity (Wildman–Crippen MR) is 133 cm³/mol. The third kappa shape index (κ3) is 5.37. The van der Waals surface area contributed by atoms with Crippen LogP contribution in [0, 0.1) is 6.92 Å². The minimum Gasteiger partial charge on any atom is -0.492 e. The normalized spacial score (nSPS) is 13.9. The Balaban J connectivity index is 1.50. The van der Waals surface area contributed by atoms with Crippen LogP contribution in [0.5, 0.6) is 5.75 Å². The van der Waals surface area contributed by atoms with Gasteiger partial charge in [-0.1, -0.05) is 54.1 Å². The van der Waals surface area contributed by atoms with Crippen LogP contribution < -0.4 is 10.1 Å². The second kappa shape index (κ2) is 10.2. The Morgan fingerprint density at radius 1 is 0.971 bits per heavy atom. The predicted octanol–water partition coefficient (Wildman–Crippen LogP) is 4.73. The molecule has 0 aromatic heterocycles. The van der Waals surface area contributed by atoms with Gasteiger partial charge in [0.2, 0.25) is 0 Å². The molecule has 0 bridgehead atoms. The fraction of sp³-hybridized carbons (Fsp3) is 0.310. The molecule has 0 heterocycles. The lowest BCUT2D eigenvalue weighted by molar-refractivity contribution is 0.0773. The van der Waals surface area contributed by atoms with Crippen LogP contribution in [0.3, 0.4) is 0 Å². The Morgan fingerprint density at radius 2 is 1.71 bits per heavy atom. The van der Waals surface area contributed by atoms with Crippen molar-refractivity contribution >= 4 is 11.7 Å². The zero-order chi connectivity index (χ0) is 24.1. The molecule has 0 radical (unpaired) electrons. The Bertz CT molecular complexity index is 1180. The maximum Gasteiger partial charge on any atom is 0.251 e. The average Bonchev–Trinajstić information content (AvgIpc) is 3.16. The van der Waals surface area contributed by atoms with Gasteiger partial charge in [-0.2, -0.15) is 0 Å². The number of hydrogen-bond acceptors (Lipinski definition) is 4. The largest absolute Gasteiger partial charge is 0.492 e. The maximum absolute atomic E-state index is 13.3. The summed E-state index contributed by atoms with van der Waals surface area (Å²) in [6.07, 6.45) is 2.15. The molecule has 3 aromatic rings. The highest BCUT2D eigenvalue weighted by molar-refractivity contribution is 6.00. The summed E-state index contributed by atoms with van der Waals surface area (Å²) < 4.78 is 11.5. The van der Waals surface area contributed by atoms with E-state index >= 15 is 0 Å². The van der Waals surface area contributed by atoms with Crippen molar-refractivity contribution in [1.82, 2.24) is 5.32 Å². The number of Topliss-reactive ketones (excluding diaryl/α,β-unsaturated/α-hetero) is 1. The lowest BCUT2D eigenvalue weighted by Crippen LogP contribution is -2.52. The number of fused-ring (bicyclic) bond motifs is 1. The summed E-state index contributed by atoms with van der Waals surface area (Å²) in [5.74, 6) is 0.131. The number of hydrogen-bond donors (Lipinski definition) is 1. The lowest BCUT2D eigenvalue weighted by atomic mass is 9.95. The quantitative estimate of drug-likeness (QED) is 0.472. The van der Waals surface area contributed by atoms with Gasteiger partial charge in [0.25, 0.3) is 5.91 Å². The molecule has 1 aliphatic rings. The Morgan fingerprint density at radius 3 is 2.35 bits per heavy atom. The molecule has 0 saturated carbocycles. The number of carbonyl (C=O) groups excluding carboxylic acids is 2. The molecule has 0 spiro atoms. The first-order chi connectivity index (χ1) is 16.4. The van der Waals surface area contributed by atoms with Crippen molar-refractivity contribution in [2.75, 3.05) is 20.3 Å². The van der Waals surface area contributed by atoms with Gasteiger partial charge in [-0.05, 0) is 61.6 Å². The van der Waals surface area contributed by atoms with Gasteiger partial charge in [-0.15, -0.1) is 0 Å². The molecule has 3 aromatic carbocycles. The Hall–Kier alpha value is -3.44. The number of ether oxygens (including phenoxy) is 2. The van der Waals surface area contributed by atoms with E-state index in [0.29, 0.717) is 49.4 Å². The number of ketones is 1. The molecule has 1 N–H and O–H groups in total. The summed E-state index contributed by atoms with van der Waals surface area (Å²) in [5.41, 5.74) is 5.25. The van der Waals surface area contributed by atoms with Gasteiger partial charge >= 0.3 is 0 Å². The monoisotopic (exact) mass is 457 g/mol. The van der Waals surface area contributed by atoms with Gasteiger partial charge in [0.15, 0.2) is 5.78 Å². The minimum atomic E-state index is -0.499. The molecular formula is C29H31NO4. The van der Waals surface area contributed by atoms with Crippen LogP contribution in [-0.4, -0.2) is 37.6 Å². The SMILES string of the molecule is COCC1(NC(=O)c2ccc(C(C)=O)c(OCCc3cccc(C)c3)c2)Cc2ccccc2C1. The molecule has 5 heteroatoms. The molecule has 0 unspecified atom stereocenters. The fourth-order valence-corrected chi connectivity index (χ4v) is 4.73. The number of nitrogens with one attached hydrogen (secondary N) is 1. The number of methoxy groups -OCH3 is 1. The first kappa shape index (κ1) is 23.7. The summed E-state index contributed by atoms with van der Waals surface area (Å²) in [6, 6.07) is 21.5. The van der Waals surface area contributed by atoms with E-state index in [1.54, 1.807) is 25.3 Å². The first-order valence-electron chi connectivity index (χ1n) is 11.6. The van der Waals surface area contributed by atoms with Crippen LogP contribution in [0.15, 0.2) is 66.7 Å². The summed E-state index contributed by atoms with van der Waals surface area (Å²) >= 11 is 0. The van der Waals surface area contributed by atoms with Crippen molar-refractivity contribution < 1.29 is 19.1 Å². The number of rotatable bonds is 9. The van der Waals surface area contributed by atoms with Gasteiger partial charge in [0.05, 0.1) is 24.3 Å². The highest BCUT2D eigenvalue weighted by Gasteiger charge is 2.38. The van der Waals surface area contributed by atoms with Gasteiger partial charge in [-0.3, -0.25) is 9.59 Å². The highest BCUT2D eigenvalue weighted by Crippen LogP contribution is 2.31. The van der Waals surface area contributed by atoms with E-state index in [0.717, 1.165) is 0 Å². The van der Waals surface area contributed by atoms with Crippen molar-refractivity contribution in [2.45, 2.75) is 38.6 Å². The number of benzene rings is 3.